The fourth-order valence-electron chi connectivity index (χ4n) is 7.64. The molecule has 0 aliphatic heterocycles. The average molecular weight is 613 g/mol. The SMILES string of the molecule is c1ccc(-n2c3ccccc3c3cc4ccc5ccc(-c6ccc(N(c7ccncc7)c7ccncc7)cc6)c6ccc(c4c56)c32)cc1. The molecule has 224 valence electrons. The topological polar surface area (TPSA) is 34.0 Å². The number of pyridine rings is 2. The Hall–Kier alpha value is -6.52. The van der Waals surface area contributed by atoms with Crippen molar-refractivity contribution < 1.29 is 0 Å². The number of hydrogen-bond donors (Lipinski definition) is 0. The Labute approximate surface area is 277 Å². The normalized spacial score (nSPS) is 11.8. The molecule has 0 spiro atoms. The van der Waals surface area contributed by atoms with Gasteiger partial charge < -0.3 is 9.47 Å². The van der Waals surface area contributed by atoms with Gasteiger partial charge in [0.15, 0.2) is 0 Å². The molecule has 3 aromatic heterocycles. The molecule has 7 aromatic carbocycles. The number of fused-ring (bicyclic) bond motifs is 4. The summed E-state index contributed by atoms with van der Waals surface area (Å²) >= 11 is 0. The van der Waals surface area contributed by atoms with E-state index in [1.807, 2.05) is 49.1 Å². The van der Waals surface area contributed by atoms with Crippen molar-refractivity contribution in [3.8, 4) is 16.8 Å². The van der Waals surface area contributed by atoms with Crippen LogP contribution < -0.4 is 4.90 Å². The predicted octanol–water partition coefficient (Wildman–Crippen LogP) is 11.6. The summed E-state index contributed by atoms with van der Waals surface area (Å²) in [5.41, 5.74) is 9.23. The van der Waals surface area contributed by atoms with Gasteiger partial charge in [0, 0.05) is 63.7 Å². The number of rotatable bonds is 5. The van der Waals surface area contributed by atoms with Crippen molar-refractivity contribution in [2.75, 3.05) is 4.90 Å². The lowest BCUT2D eigenvalue weighted by molar-refractivity contribution is 1.19. The van der Waals surface area contributed by atoms with Crippen molar-refractivity contribution in [2.45, 2.75) is 0 Å². The molecule has 0 bridgehead atoms. The first-order valence-electron chi connectivity index (χ1n) is 16.2. The van der Waals surface area contributed by atoms with E-state index in [2.05, 4.69) is 141 Å². The highest BCUT2D eigenvalue weighted by atomic mass is 15.1. The maximum atomic E-state index is 4.24. The summed E-state index contributed by atoms with van der Waals surface area (Å²) in [5.74, 6) is 0. The van der Waals surface area contributed by atoms with Gasteiger partial charge in [-0.1, -0.05) is 84.9 Å². The molecule has 0 atom stereocenters. The Morgan fingerprint density at radius 1 is 0.438 bits per heavy atom. The van der Waals surface area contributed by atoms with Gasteiger partial charge in [-0.05, 0) is 98.7 Å². The molecule has 0 fully saturated rings. The lowest BCUT2D eigenvalue weighted by atomic mass is 9.89. The number of anilines is 3. The van der Waals surface area contributed by atoms with Gasteiger partial charge in [-0.2, -0.15) is 0 Å². The molecular formula is C44H28N4. The highest BCUT2D eigenvalue weighted by molar-refractivity contribution is 6.32. The smallest absolute Gasteiger partial charge is 0.0620 e. The van der Waals surface area contributed by atoms with Crippen LogP contribution in [0.3, 0.4) is 0 Å². The summed E-state index contributed by atoms with van der Waals surface area (Å²) in [6.07, 6.45) is 7.32. The van der Waals surface area contributed by atoms with Gasteiger partial charge in [-0.3, -0.25) is 9.97 Å². The van der Waals surface area contributed by atoms with Crippen LogP contribution in [0.5, 0.6) is 0 Å². The summed E-state index contributed by atoms with van der Waals surface area (Å²) in [6, 6.07) is 52.7. The van der Waals surface area contributed by atoms with Crippen molar-refractivity contribution in [3.05, 3.63) is 170 Å². The molecule has 0 saturated carbocycles. The van der Waals surface area contributed by atoms with Crippen LogP contribution >= 0.6 is 0 Å². The van der Waals surface area contributed by atoms with Gasteiger partial charge >= 0.3 is 0 Å². The Morgan fingerprint density at radius 2 is 1.04 bits per heavy atom. The zero-order chi connectivity index (χ0) is 31.6. The standard InChI is InChI=1S/C44H28N4/c1-2-6-32(7-3-1)48-41-9-5-4-8-37(41)40-28-31-11-10-30-14-17-36(38-18-19-39(44(40)48)43(31)42(30)38)29-12-15-33(16-13-29)47(34-20-24-45-25-21-34)35-22-26-46-27-23-35/h1-28H. The van der Waals surface area contributed by atoms with Crippen LogP contribution in [0.25, 0.3) is 70.9 Å². The van der Waals surface area contributed by atoms with Gasteiger partial charge in [0.1, 0.15) is 0 Å². The summed E-state index contributed by atoms with van der Waals surface area (Å²) in [7, 11) is 0. The molecule has 4 nitrogen and oxygen atoms in total. The second-order valence-electron chi connectivity index (χ2n) is 12.3. The van der Waals surface area contributed by atoms with Crippen molar-refractivity contribution in [1.82, 2.24) is 14.5 Å². The molecular weight excluding hydrogens is 585 g/mol. The highest BCUT2D eigenvalue weighted by Gasteiger charge is 2.20. The third-order valence-electron chi connectivity index (χ3n) is 9.71. The van der Waals surface area contributed by atoms with Gasteiger partial charge in [-0.15, -0.1) is 0 Å². The van der Waals surface area contributed by atoms with Crippen molar-refractivity contribution in [3.63, 3.8) is 0 Å². The molecule has 0 unspecified atom stereocenters. The molecule has 0 N–H and O–H groups in total. The maximum Gasteiger partial charge on any atom is 0.0620 e. The second-order valence-corrected chi connectivity index (χ2v) is 12.3. The average Bonchev–Trinajstić information content (AvgIpc) is 3.49. The Bertz CT molecular complexity index is 2710. The second kappa shape index (κ2) is 10.5. The Balaban J connectivity index is 1.19. The number of aromatic nitrogens is 3. The number of benzene rings is 7. The third kappa shape index (κ3) is 3.96. The van der Waals surface area contributed by atoms with Crippen LogP contribution in [-0.2, 0) is 0 Å². The molecule has 0 amide bonds. The molecule has 10 aromatic rings. The van der Waals surface area contributed by atoms with E-state index in [0.717, 1.165) is 17.1 Å². The largest absolute Gasteiger partial charge is 0.310 e. The maximum absolute atomic E-state index is 4.24. The van der Waals surface area contributed by atoms with Crippen LogP contribution in [0.2, 0.25) is 0 Å². The first-order valence-corrected chi connectivity index (χ1v) is 16.2. The molecule has 0 saturated heterocycles. The highest BCUT2D eigenvalue weighted by Crippen LogP contribution is 2.45. The third-order valence-corrected chi connectivity index (χ3v) is 9.71. The van der Waals surface area contributed by atoms with E-state index in [1.54, 1.807) is 0 Å². The van der Waals surface area contributed by atoms with Crippen LogP contribution in [0, 0.1) is 0 Å². The molecule has 3 heterocycles. The quantitative estimate of drug-likeness (QED) is 0.181. The van der Waals surface area contributed by atoms with E-state index in [1.165, 1.54) is 70.9 Å². The van der Waals surface area contributed by atoms with Gasteiger partial charge in [-0.25, -0.2) is 0 Å². The Morgan fingerprint density at radius 3 is 1.79 bits per heavy atom. The predicted molar refractivity (Wildman–Crippen MR) is 200 cm³/mol. The van der Waals surface area contributed by atoms with Crippen LogP contribution in [0.15, 0.2) is 170 Å². The van der Waals surface area contributed by atoms with E-state index in [-0.39, 0.29) is 0 Å². The minimum absolute atomic E-state index is 1.05. The molecule has 10 rings (SSSR count). The molecule has 0 aliphatic rings. The first kappa shape index (κ1) is 26.7. The number of nitrogens with zero attached hydrogens (tertiary/aromatic N) is 4. The molecule has 0 aliphatic carbocycles. The zero-order valence-electron chi connectivity index (χ0n) is 26.0. The van der Waals surface area contributed by atoms with Crippen LogP contribution in [-0.4, -0.2) is 14.5 Å². The summed E-state index contributed by atoms with van der Waals surface area (Å²) < 4.78 is 2.44. The van der Waals surface area contributed by atoms with E-state index >= 15 is 0 Å². The lowest BCUT2D eigenvalue weighted by Crippen LogP contribution is -2.09. The van der Waals surface area contributed by atoms with Gasteiger partial charge in [0.05, 0.1) is 11.0 Å². The number of para-hydroxylation sites is 2. The van der Waals surface area contributed by atoms with E-state index in [0.29, 0.717) is 0 Å². The van der Waals surface area contributed by atoms with Crippen LogP contribution in [0.1, 0.15) is 0 Å². The van der Waals surface area contributed by atoms with E-state index in [9.17, 15) is 0 Å². The van der Waals surface area contributed by atoms with E-state index in [4.69, 9.17) is 0 Å². The van der Waals surface area contributed by atoms with E-state index < -0.39 is 0 Å². The summed E-state index contributed by atoms with van der Waals surface area (Å²) in [6.45, 7) is 0. The minimum atomic E-state index is 1.05. The van der Waals surface area contributed by atoms with Gasteiger partial charge in [0.2, 0.25) is 0 Å². The fraction of sp³-hybridized carbons (Fsp3) is 0. The summed E-state index contributed by atoms with van der Waals surface area (Å²) in [4.78, 5) is 10.7. The number of hydrogen-bond acceptors (Lipinski definition) is 3. The molecule has 4 heteroatoms. The monoisotopic (exact) mass is 612 g/mol. The van der Waals surface area contributed by atoms with Crippen molar-refractivity contribution in [1.29, 1.82) is 0 Å². The Kier molecular flexibility index (Phi) is 5.84. The first-order chi connectivity index (χ1) is 23.8. The zero-order valence-corrected chi connectivity index (χ0v) is 26.0. The minimum Gasteiger partial charge on any atom is -0.310 e. The van der Waals surface area contributed by atoms with Crippen molar-refractivity contribution >= 4 is 71.2 Å². The lowest BCUT2D eigenvalue weighted by Gasteiger charge is -2.25. The molecule has 48 heavy (non-hydrogen) atoms. The fourth-order valence-corrected chi connectivity index (χ4v) is 7.64. The summed E-state index contributed by atoms with van der Waals surface area (Å²) in [5, 5.41) is 10.3. The van der Waals surface area contributed by atoms with Crippen molar-refractivity contribution in [2.24, 2.45) is 0 Å². The van der Waals surface area contributed by atoms with Crippen LogP contribution in [0.4, 0.5) is 17.1 Å². The molecule has 0 radical (unpaired) electrons. The van der Waals surface area contributed by atoms with Gasteiger partial charge in [0.25, 0.3) is 0 Å².